The van der Waals surface area contributed by atoms with Crippen molar-refractivity contribution in [2.45, 2.75) is 24.9 Å². The summed E-state index contributed by atoms with van der Waals surface area (Å²) in [7, 11) is 0. The predicted octanol–water partition coefficient (Wildman–Crippen LogP) is 1.51. The maximum Gasteiger partial charge on any atom is 0.228 e. The maximum atomic E-state index is 9.81. The van der Waals surface area contributed by atoms with E-state index in [1.165, 1.54) is 0 Å². The molecule has 1 fully saturated rings. The van der Waals surface area contributed by atoms with Crippen LogP contribution in [-0.2, 0) is 0 Å². The topological polar surface area (TPSA) is 70.9 Å². The minimum Gasteiger partial charge on any atom is -0.388 e. The first kappa shape index (κ1) is 10.9. The Bertz CT molecular complexity index is 349. The second kappa shape index (κ2) is 4.08. The number of anilines is 1. The van der Waals surface area contributed by atoms with Gasteiger partial charge in [0.1, 0.15) is 0 Å². The van der Waals surface area contributed by atoms with E-state index in [0.29, 0.717) is 12.5 Å². The third kappa shape index (κ3) is 2.68. The summed E-state index contributed by atoms with van der Waals surface area (Å²) in [6.45, 7) is 0.406. The predicted molar refractivity (Wildman–Crippen MR) is 57.1 cm³/mol. The molecule has 0 aromatic carbocycles. The summed E-state index contributed by atoms with van der Waals surface area (Å²) in [5.41, 5.74) is -0.633. The lowest BCUT2D eigenvalue weighted by Crippen LogP contribution is -2.43. The molecule has 1 aliphatic carbocycles. The first-order valence-corrected chi connectivity index (χ1v) is 5.36. The molecular formula is C8H10Cl2N4O. The summed E-state index contributed by atoms with van der Waals surface area (Å²) < 4.78 is 0. The van der Waals surface area contributed by atoms with Crippen LogP contribution in [0.15, 0.2) is 0 Å². The molecule has 0 spiro atoms. The van der Waals surface area contributed by atoms with Gasteiger partial charge in [-0.15, -0.1) is 0 Å². The molecule has 0 atom stereocenters. The molecule has 1 saturated carbocycles. The van der Waals surface area contributed by atoms with Crippen LogP contribution in [-0.4, -0.2) is 32.2 Å². The van der Waals surface area contributed by atoms with Crippen LogP contribution in [0.2, 0.25) is 10.6 Å². The summed E-state index contributed by atoms with van der Waals surface area (Å²) in [6, 6.07) is 0. The van der Waals surface area contributed by atoms with E-state index < -0.39 is 5.60 Å². The highest BCUT2D eigenvalue weighted by molar-refractivity contribution is 6.31. The van der Waals surface area contributed by atoms with Crippen LogP contribution < -0.4 is 5.32 Å². The molecule has 2 N–H and O–H groups in total. The fourth-order valence-corrected chi connectivity index (χ4v) is 1.77. The summed E-state index contributed by atoms with van der Waals surface area (Å²) in [5.74, 6) is 0.292. The van der Waals surface area contributed by atoms with Crippen molar-refractivity contribution in [3.63, 3.8) is 0 Å². The molecule has 5 nitrogen and oxygen atoms in total. The molecule has 0 aliphatic heterocycles. The SMILES string of the molecule is OC1(CNc2nc(Cl)nc(Cl)n2)CCC1. The Morgan fingerprint density at radius 3 is 2.27 bits per heavy atom. The van der Waals surface area contributed by atoms with Crippen molar-refractivity contribution in [3.05, 3.63) is 10.6 Å². The number of hydrogen-bond donors (Lipinski definition) is 2. The van der Waals surface area contributed by atoms with Gasteiger partial charge in [-0.1, -0.05) is 0 Å². The van der Waals surface area contributed by atoms with Gasteiger partial charge in [-0.3, -0.25) is 0 Å². The van der Waals surface area contributed by atoms with E-state index in [-0.39, 0.29) is 10.6 Å². The third-order valence-corrected chi connectivity index (χ3v) is 2.78. The second-order valence-corrected chi connectivity index (χ2v) is 4.30. The first-order valence-electron chi connectivity index (χ1n) is 4.61. The molecule has 0 bridgehead atoms. The van der Waals surface area contributed by atoms with Crippen LogP contribution in [0.4, 0.5) is 5.95 Å². The monoisotopic (exact) mass is 248 g/mol. The number of aromatic nitrogens is 3. The number of hydrogen-bond acceptors (Lipinski definition) is 5. The standard InChI is InChI=1S/C8H10Cl2N4O/c9-5-12-6(10)14-7(13-5)11-4-8(15)2-1-3-8/h15H,1-4H2,(H,11,12,13,14). The Kier molecular flexibility index (Phi) is 2.95. The third-order valence-electron chi connectivity index (χ3n) is 2.44. The van der Waals surface area contributed by atoms with Crippen LogP contribution in [0, 0.1) is 0 Å². The van der Waals surface area contributed by atoms with Crippen molar-refractivity contribution in [1.82, 2.24) is 15.0 Å². The van der Waals surface area contributed by atoms with Crippen LogP contribution in [0.5, 0.6) is 0 Å². The summed E-state index contributed by atoms with van der Waals surface area (Å²) in [4.78, 5) is 11.3. The maximum absolute atomic E-state index is 9.81. The molecule has 0 radical (unpaired) electrons. The molecule has 2 rings (SSSR count). The molecule has 1 heterocycles. The van der Waals surface area contributed by atoms with E-state index in [2.05, 4.69) is 20.3 Å². The van der Waals surface area contributed by atoms with E-state index in [1.54, 1.807) is 0 Å². The van der Waals surface area contributed by atoms with Gasteiger partial charge in [-0.05, 0) is 42.5 Å². The van der Waals surface area contributed by atoms with E-state index in [0.717, 1.165) is 19.3 Å². The lowest BCUT2D eigenvalue weighted by Gasteiger charge is -2.36. The molecule has 1 aliphatic rings. The number of aliphatic hydroxyl groups is 1. The van der Waals surface area contributed by atoms with Crippen LogP contribution >= 0.6 is 23.2 Å². The molecule has 1 aromatic heterocycles. The Morgan fingerprint density at radius 1 is 1.20 bits per heavy atom. The fourth-order valence-electron chi connectivity index (χ4n) is 1.41. The van der Waals surface area contributed by atoms with Crippen molar-refractivity contribution >= 4 is 29.2 Å². The van der Waals surface area contributed by atoms with Gasteiger partial charge in [0, 0.05) is 6.54 Å². The van der Waals surface area contributed by atoms with Crippen molar-refractivity contribution in [2.24, 2.45) is 0 Å². The van der Waals surface area contributed by atoms with Gasteiger partial charge in [0.15, 0.2) is 0 Å². The Balaban J connectivity index is 1.98. The largest absolute Gasteiger partial charge is 0.388 e. The molecule has 0 saturated heterocycles. The van der Waals surface area contributed by atoms with Crippen LogP contribution in [0.25, 0.3) is 0 Å². The van der Waals surface area contributed by atoms with Gasteiger partial charge < -0.3 is 10.4 Å². The van der Waals surface area contributed by atoms with Gasteiger partial charge in [-0.2, -0.15) is 15.0 Å². The van der Waals surface area contributed by atoms with Crippen molar-refractivity contribution in [1.29, 1.82) is 0 Å². The van der Waals surface area contributed by atoms with Crippen molar-refractivity contribution < 1.29 is 5.11 Å². The zero-order chi connectivity index (χ0) is 10.9. The molecule has 0 amide bonds. The quantitative estimate of drug-likeness (QED) is 0.849. The molecule has 0 unspecified atom stereocenters. The molecule has 7 heteroatoms. The van der Waals surface area contributed by atoms with E-state index in [9.17, 15) is 5.11 Å². The highest BCUT2D eigenvalue weighted by Crippen LogP contribution is 2.31. The highest BCUT2D eigenvalue weighted by Gasteiger charge is 2.34. The lowest BCUT2D eigenvalue weighted by atomic mass is 9.80. The van der Waals surface area contributed by atoms with Gasteiger partial charge in [0.05, 0.1) is 5.60 Å². The minimum absolute atomic E-state index is 0.0399. The zero-order valence-electron chi connectivity index (χ0n) is 7.87. The van der Waals surface area contributed by atoms with E-state index in [4.69, 9.17) is 23.2 Å². The number of nitrogens with one attached hydrogen (secondary N) is 1. The average Bonchev–Trinajstić information content (AvgIpc) is 2.10. The van der Waals surface area contributed by atoms with Gasteiger partial charge in [-0.25, -0.2) is 0 Å². The summed E-state index contributed by atoms with van der Waals surface area (Å²) >= 11 is 11.2. The van der Waals surface area contributed by atoms with E-state index >= 15 is 0 Å². The Labute approximate surface area is 96.9 Å². The molecule has 1 aromatic rings. The number of nitrogens with zero attached hydrogens (tertiary/aromatic N) is 3. The van der Waals surface area contributed by atoms with Crippen LogP contribution in [0.1, 0.15) is 19.3 Å². The first-order chi connectivity index (χ1) is 7.07. The number of halogens is 2. The zero-order valence-corrected chi connectivity index (χ0v) is 9.39. The summed E-state index contributed by atoms with van der Waals surface area (Å²) in [6.07, 6.45) is 2.65. The molecule has 82 valence electrons. The smallest absolute Gasteiger partial charge is 0.228 e. The summed E-state index contributed by atoms with van der Waals surface area (Å²) in [5, 5.41) is 12.8. The van der Waals surface area contributed by atoms with Gasteiger partial charge >= 0.3 is 0 Å². The Morgan fingerprint density at radius 2 is 1.80 bits per heavy atom. The van der Waals surface area contributed by atoms with E-state index in [1.807, 2.05) is 0 Å². The lowest BCUT2D eigenvalue weighted by molar-refractivity contribution is -0.0203. The number of rotatable bonds is 3. The van der Waals surface area contributed by atoms with Crippen LogP contribution in [0.3, 0.4) is 0 Å². The fraction of sp³-hybridized carbons (Fsp3) is 0.625. The highest BCUT2D eigenvalue weighted by atomic mass is 35.5. The normalized spacial score (nSPS) is 18.3. The molecule has 15 heavy (non-hydrogen) atoms. The minimum atomic E-state index is -0.633. The Hall–Kier alpha value is -0.650. The van der Waals surface area contributed by atoms with Crippen molar-refractivity contribution in [2.75, 3.05) is 11.9 Å². The van der Waals surface area contributed by atoms with Gasteiger partial charge in [0.2, 0.25) is 16.5 Å². The molecular weight excluding hydrogens is 239 g/mol. The average molecular weight is 249 g/mol. The van der Waals surface area contributed by atoms with Crippen molar-refractivity contribution in [3.8, 4) is 0 Å². The van der Waals surface area contributed by atoms with Gasteiger partial charge in [0.25, 0.3) is 0 Å². The second-order valence-electron chi connectivity index (χ2n) is 3.63.